The molecular formula is C9H12BrNO2. The van der Waals surface area contributed by atoms with Crippen LogP contribution in [0.1, 0.15) is 12.0 Å². The summed E-state index contributed by atoms with van der Waals surface area (Å²) in [6, 6.07) is 1.87. The van der Waals surface area contributed by atoms with E-state index in [0.717, 1.165) is 22.9 Å². The lowest BCUT2D eigenvalue weighted by Gasteiger charge is -2.04. The van der Waals surface area contributed by atoms with E-state index in [0.29, 0.717) is 5.88 Å². The lowest BCUT2D eigenvalue weighted by atomic mass is 10.1. The van der Waals surface area contributed by atoms with Crippen LogP contribution in [0.5, 0.6) is 5.88 Å². The van der Waals surface area contributed by atoms with Crippen molar-refractivity contribution < 1.29 is 9.84 Å². The molecule has 0 saturated carbocycles. The fraction of sp³-hybridized carbons (Fsp3) is 0.444. The second kappa shape index (κ2) is 5.19. The maximum atomic E-state index is 8.68. The minimum absolute atomic E-state index is 0.205. The summed E-state index contributed by atoms with van der Waals surface area (Å²) in [6.07, 6.45) is 3.30. The maximum Gasteiger partial charge on any atom is 0.213 e. The van der Waals surface area contributed by atoms with Gasteiger partial charge < -0.3 is 9.84 Å². The molecule has 13 heavy (non-hydrogen) atoms. The van der Waals surface area contributed by atoms with Crippen molar-refractivity contribution in [2.75, 3.05) is 13.7 Å². The number of hydrogen-bond acceptors (Lipinski definition) is 3. The Hall–Kier alpha value is -0.610. The van der Waals surface area contributed by atoms with Crippen LogP contribution in [0.4, 0.5) is 0 Å². The molecule has 0 aliphatic carbocycles. The third-order valence-corrected chi connectivity index (χ3v) is 2.44. The predicted molar refractivity (Wildman–Crippen MR) is 53.9 cm³/mol. The number of aliphatic hydroxyl groups excluding tert-OH is 1. The highest BCUT2D eigenvalue weighted by Gasteiger charge is 2.02. The van der Waals surface area contributed by atoms with Crippen LogP contribution in [0.2, 0.25) is 0 Å². The van der Waals surface area contributed by atoms with Gasteiger partial charge >= 0.3 is 0 Å². The average Bonchev–Trinajstić information content (AvgIpc) is 2.17. The van der Waals surface area contributed by atoms with Gasteiger partial charge in [0.05, 0.1) is 7.11 Å². The third kappa shape index (κ3) is 2.97. The molecule has 0 spiro atoms. The number of methoxy groups -OCH3 is 1. The Morgan fingerprint density at radius 2 is 2.38 bits per heavy atom. The molecule has 1 aromatic rings. The molecule has 1 N–H and O–H groups in total. The van der Waals surface area contributed by atoms with E-state index in [9.17, 15) is 0 Å². The van der Waals surface area contributed by atoms with Crippen molar-refractivity contribution >= 4 is 15.9 Å². The normalized spacial score (nSPS) is 10.1. The topological polar surface area (TPSA) is 42.4 Å². The number of pyridine rings is 1. The molecule has 72 valence electrons. The molecule has 0 fully saturated rings. The van der Waals surface area contributed by atoms with Crippen LogP contribution in [-0.2, 0) is 6.42 Å². The van der Waals surface area contributed by atoms with Crippen molar-refractivity contribution in [2.45, 2.75) is 12.8 Å². The molecule has 0 aliphatic rings. The minimum atomic E-state index is 0.205. The first-order valence-corrected chi connectivity index (χ1v) is 4.86. The second-order valence-corrected chi connectivity index (χ2v) is 3.50. The lowest BCUT2D eigenvalue weighted by Crippen LogP contribution is -1.94. The molecule has 0 unspecified atom stereocenters. The number of aromatic nitrogens is 1. The SMILES string of the molecule is COc1cc(CCCO)c(Br)cn1. The summed E-state index contributed by atoms with van der Waals surface area (Å²) in [5, 5.41) is 8.68. The van der Waals surface area contributed by atoms with Gasteiger partial charge in [-0.3, -0.25) is 0 Å². The molecule has 4 heteroatoms. The average molecular weight is 246 g/mol. The van der Waals surface area contributed by atoms with E-state index in [-0.39, 0.29) is 6.61 Å². The number of nitrogens with zero attached hydrogens (tertiary/aromatic N) is 1. The highest BCUT2D eigenvalue weighted by atomic mass is 79.9. The minimum Gasteiger partial charge on any atom is -0.481 e. The van der Waals surface area contributed by atoms with Gasteiger partial charge in [-0.05, 0) is 34.3 Å². The molecule has 1 aromatic heterocycles. The fourth-order valence-corrected chi connectivity index (χ4v) is 1.45. The molecule has 0 aromatic carbocycles. The zero-order valence-corrected chi connectivity index (χ0v) is 9.04. The predicted octanol–water partition coefficient (Wildman–Crippen LogP) is 1.78. The molecule has 0 atom stereocenters. The van der Waals surface area contributed by atoms with Crippen molar-refractivity contribution in [3.05, 3.63) is 22.3 Å². The molecule has 3 nitrogen and oxygen atoms in total. The zero-order chi connectivity index (χ0) is 9.68. The van der Waals surface area contributed by atoms with Crippen molar-refractivity contribution in [2.24, 2.45) is 0 Å². The molecule has 1 rings (SSSR count). The molecule has 0 radical (unpaired) electrons. The highest BCUT2D eigenvalue weighted by molar-refractivity contribution is 9.10. The van der Waals surface area contributed by atoms with Gasteiger partial charge in [0.2, 0.25) is 5.88 Å². The first-order chi connectivity index (χ1) is 6.27. The van der Waals surface area contributed by atoms with Gasteiger partial charge in [0.25, 0.3) is 0 Å². The Morgan fingerprint density at radius 3 is 3.00 bits per heavy atom. The van der Waals surface area contributed by atoms with Gasteiger partial charge in [-0.15, -0.1) is 0 Å². The van der Waals surface area contributed by atoms with Gasteiger partial charge in [-0.1, -0.05) is 0 Å². The van der Waals surface area contributed by atoms with Crippen LogP contribution in [0.3, 0.4) is 0 Å². The van der Waals surface area contributed by atoms with Crippen LogP contribution in [0.25, 0.3) is 0 Å². The largest absolute Gasteiger partial charge is 0.481 e. The number of aryl methyl sites for hydroxylation is 1. The van der Waals surface area contributed by atoms with E-state index in [2.05, 4.69) is 20.9 Å². The number of rotatable bonds is 4. The Morgan fingerprint density at radius 1 is 1.62 bits per heavy atom. The van der Waals surface area contributed by atoms with Crippen LogP contribution in [-0.4, -0.2) is 23.8 Å². The summed E-state index contributed by atoms with van der Waals surface area (Å²) in [4.78, 5) is 4.03. The van der Waals surface area contributed by atoms with Gasteiger partial charge in [0.1, 0.15) is 0 Å². The summed E-state index contributed by atoms with van der Waals surface area (Å²) in [7, 11) is 1.59. The van der Waals surface area contributed by atoms with E-state index in [1.165, 1.54) is 0 Å². The summed E-state index contributed by atoms with van der Waals surface area (Å²) in [6.45, 7) is 0.205. The first-order valence-electron chi connectivity index (χ1n) is 4.07. The van der Waals surface area contributed by atoms with E-state index >= 15 is 0 Å². The van der Waals surface area contributed by atoms with Gasteiger partial charge in [-0.25, -0.2) is 4.98 Å². The highest BCUT2D eigenvalue weighted by Crippen LogP contribution is 2.20. The molecule has 0 amide bonds. The monoisotopic (exact) mass is 245 g/mol. The van der Waals surface area contributed by atoms with Crippen LogP contribution in [0, 0.1) is 0 Å². The maximum absolute atomic E-state index is 8.68. The Labute approximate surface area is 85.9 Å². The fourth-order valence-electron chi connectivity index (χ4n) is 1.03. The molecular weight excluding hydrogens is 234 g/mol. The van der Waals surface area contributed by atoms with Crippen molar-refractivity contribution in [1.29, 1.82) is 0 Å². The van der Waals surface area contributed by atoms with Crippen molar-refractivity contribution in [1.82, 2.24) is 4.98 Å². The van der Waals surface area contributed by atoms with E-state index in [1.807, 2.05) is 6.07 Å². The van der Waals surface area contributed by atoms with Crippen LogP contribution >= 0.6 is 15.9 Å². The summed E-state index contributed by atoms with van der Waals surface area (Å²) >= 11 is 3.39. The van der Waals surface area contributed by atoms with Crippen molar-refractivity contribution in [3.8, 4) is 5.88 Å². The Kier molecular flexibility index (Phi) is 4.18. The lowest BCUT2D eigenvalue weighted by molar-refractivity contribution is 0.288. The van der Waals surface area contributed by atoms with Crippen LogP contribution in [0.15, 0.2) is 16.7 Å². The summed E-state index contributed by atoms with van der Waals surface area (Å²) < 4.78 is 5.96. The quantitative estimate of drug-likeness (QED) is 0.880. The molecule has 0 saturated heterocycles. The standard InChI is InChI=1S/C9H12BrNO2/c1-13-9-5-7(3-2-4-12)8(10)6-11-9/h5-6,12H,2-4H2,1H3. The first kappa shape index (κ1) is 10.5. The number of ether oxygens (including phenoxy) is 1. The molecule has 0 bridgehead atoms. The summed E-state index contributed by atoms with van der Waals surface area (Å²) in [5.41, 5.74) is 1.11. The third-order valence-electron chi connectivity index (χ3n) is 1.72. The van der Waals surface area contributed by atoms with E-state index in [1.54, 1.807) is 13.3 Å². The molecule has 1 heterocycles. The number of halogens is 1. The van der Waals surface area contributed by atoms with Gasteiger partial charge in [0, 0.05) is 23.3 Å². The summed E-state index contributed by atoms with van der Waals surface area (Å²) in [5.74, 6) is 0.608. The molecule has 0 aliphatic heterocycles. The van der Waals surface area contributed by atoms with E-state index < -0.39 is 0 Å². The number of hydrogen-bond donors (Lipinski definition) is 1. The van der Waals surface area contributed by atoms with Gasteiger partial charge in [-0.2, -0.15) is 0 Å². The van der Waals surface area contributed by atoms with Crippen molar-refractivity contribution in [3.63, 3.8) is 0 Å². The second-order valence-electron chi connectivity index (χ2n) is 2.65. The Balaban J connectivity index is 2.78. The van der Waals surface area contributed by atoms with Crippen LogP contribution < -0.4 is 4.74 Å². The number of aliphatic hydroxyl groups is 1. The smallest absolute Gasteiger partial charge is 0.213 e. The Bertz CT molecular complexity index is 278. The van der Waals surface area contributed by atoms with Gasteiger partial charge in [0.15, 0.2) is 0 Å². The van der Waals surface area contributed by atoms with E-state index in [4.69, 9.17) is 9.84 Å². The zero-order valence-electron chi connectivity index (χ0n) is 7.46.